The molecule has 2 heterocycles. The van der Waals surface area contributed by atoms with E-state index in [0.717, 1.165) is 18.7 Å². The van der Waals surface area contributed by atoms with Gasteiger partial charge in [-0.3, -0.25) is 0 Å². The lowest BCUT2D eigenvalue weighted by Crippen LogP contribution is -2.32. The van der Waals surface area contributed by atoms with Crippen molar-refractivity contribution in [3.05, 3.63) is 21.9 Å². The van der Waals surface area contributed by atoms with E-state index in [-0.39, 0.29) is 0 Å². The van der Waals surface area contributed by atoms with Gasteiger partial charge in [0.25, 0.3) is 0 Å². The molecule has 0 aliphatic carbocycles. The Hall–Kier alpha value is -0.890. The zero-order chi connectivity index (χ0) is 12.6. The summed E-state index contributed by atoms with van der Waals surface area (Å²) in [5.41, 5.74) is 0.783. The van der Waals surface area contributed by atoms with Gasteiger partial charge >= 0.3 is 0 Å². The molecule has 3 nitrogen and oxygen atoms in total. The molecule has 0 radical (unpaired) electrons. The molecule has 98 valence electrons. The molecule has 0 saturated carbocycles. The third-order valence-electron chi connectivity index (χ3n) is 3.36. The highest BCUT2D eigenvalue weighted by atomic mass is 32.1. The molecule has 1 aliphatic heterocycles. The molecule has 1 fully saturated rings. The fourth-order valence-corrected chi connectivity index (χ4v) is 3.13. The Morgan fingerprint density at radius 1 is 1.33 bits per heavy atom. The molecular weight excluding hydrogens is 242 g/mol. The summed E-state index contributed by atoms with van der Waals surface area (Å²) in [5.74, 6) is 0. The van der Waals surface area contributed by atoms with E-state index in [9.17, 15) is 0 Å². The Bertz CT molecular complexity index is 388. The second-order valence-corrected chi connectivity index (χ2v) is 5.84. The van der Waals surface area contributed by atoms with E-state index in [0.29, 0.717) is 0 Å². The number of hydrogen-bond donors (Lipinski definition) is 1. The normalized spacial score (nSPS) is 16.6. The molecule has 0 atom stereocenters. The topological polar surface area (TPSA) is 39.1 Å². The van der Waals surface area contributed by atoms with Crippen molar-refractivity contribution in [3.8, 4) is 6.07 Å². The number of hydrogen-bond acceptors (Lipinski definition) is 4. The lowest BCUT2D eigenvalue weighted by Gasteiger charge is -2.26. The summed E-state index contributed by atoms with van der Waals surface area (Å²) in [6, 6.07) is 4.14. The minimum Gasteiger partial charge on any atom is -0.312 e. The van der Waals surface area contributed by atoms with E-state index in [1.165, 1.54) is 50.2 Å². The van der Waals surface area contributed by atoms with Crippen LogP contribution in [0.1, 0.15) is 36.1 Å². The zero-order valence-corrected chi connectivity index (χ0v) is 11.6. The number of nitriles is 1. The minimum atomic E-state index is 0.783. The van der Waals surface area contributed by atoms with Crippen LogP contribution < -0.4 is 5.32 Å². The van der Waals surface area contributed by atoms with Crippen LogP contribution in [-0.2, 0) is 6.54 Å². The number of rotatable bonds is 6. The standard InChI is InChI=1S/C14H21N3S/c15-10-13-9-14(18-12-13)11-16-5-4-8-17-6-2-1-3-7-17/h9,12,16H,1-8,11H2. The average Bonchev–Trinajstić information content (AvgIpc) is 2.87. The van der Waals surface area contributed by atoms with Crippen LogP contribution in [0.5, 0.6) is 0 Å². The fraction of sp³-hybridized carbons (Fsp3) is 0.643. The Morgan fingerprint density at radius 3 is 2.89 bits per heavy atom. The minimum absolute atomic E-state index is 0.783. The van der Waals surface area contributed by atoms with Crippen molar-refractivity contribution in [2.75, 3.05) is 26.2 Å². The van der Waals surface area contributed by atoms with Crippen molar-refractivity contribution in [1.82, 2.24) is 10.2 Å². The summed E-state index contributed by atoms with van der Waals surface area (Å²) in [6.07, 6.45) is 5.38. The van der Waals surface area contributed by atoms with Crippen LogP contribution in [0.3, 0.4) is 0 Å². The quantitative estimate of drug-likeness (QED) is 0.802. The van der Waals surface area contributed by atoms with Gasteiger partial charge in [-0.25, -0.2) is 0 Å². The van der Waals surface area contributed by atoms with Crippen molar-refractivity contribution in [2.24, 2.45) is 0 Å². The Kier molecular flexibility index (Phi) is 5.66. The van der Waals surface area contributed by atoms with Crippen LogP contribution in [0.25, 0.3) is 0 Å². The highest BCUT2D eigenvalue weighted by Gasteiger charge is 2.08. The van der Waals surface area contributed by atoms with Gasteiger partial charge in [0.15, 0.2) is 0 Å². The maximum Gasteiger partial charge on any atom is 0.100 e. The van der Waals surface area contributed by atoms with E-state index < -0.39 is 0 Å². The second kappa shape index (κ2) is 7.52. The molecule has 0 aromatic carbocycles. The third kappa shape index (κ3) is 4.41. The number of thiophene rings is 1. The Morgan fingerprint density at radius 2 is 2.17 bits per heavy atom. The van der Waals surface area contributed by atoms with Gasteiger partial charge in [0.1, 0.15) is 6.07 Å². The van der Waals surface area contributed by atoms with Gasteiger partial charge < -0.3 is 10.2 Å². The van der Waals surface area contributed by atoms with Crippen LogP contribution in [0.4, 0.5) is 0 Å². The van der Waals surface area contributed by atoms with Crippen LogP contribution in [0.15, 0.2) is 11.4 Å². The molecule has 4 heteroatoms. The predicted molar refractivity (Wildman–Crippen MR) is 75.6 cm³/mol. The second-order valence-electron chi connectivity index (χ2n) is 4.85. The molecule has 1 saturated heterocycles. The van der Waals surface area contributed by atoms with E-state index in [1.807, 2.05) is 11.4 Å². The van der Waals surface area contributed by atoms with Gasteiger partial charge in [0, 0.05) is 16.8 Å². The van der Waals surface area contributed by atoms with Gasteiger partial charge in [0.05, 0.1) is 5.56 Å². The van der Waals surface area contributed by atoms with Crippen molar-refractivity contribution >= 4 is 11.3 Å². The van der Waals surface area contributed by atoms with Crippen molar-refractivity contribution in [3.63, 3.8) is 0 Å². The Labute approximate surface area is 113 Å². The summed E-state index contributed by atoms with van der Waals surface area (Å²) in [5, 5.41) is 14.1. The lowest BCUT2D eigenvalue weighted by atomic mass is 10.1. The number of likely N-dealkylation sites (tertiary alicyclic amines) is 1. The molecule has 1 aliphatic rings. The first-order valence-corrected chi connectivity index (χ1v) is 7.67. The van der Waals surface area contributed by atoms with Gasteiger partial charge in [0.2, 0.25) is 0 Å². The largest absolute Gasteiger partial charge is 0.312 e. The van der Waals surface area contributed by atoms with Crippen molar-refractivity contribution in [2.45, 2.75) is 32.2 Å². The maximum atomic E-state index is 8.74. The summed E-state index contributed by atoms with van der Waals surface area (Å²) in [4.78, 5) is 3.83. The highest BCUT2D eigenvalue weighted by molar-refractivity contribution is 7.10. The monoisotopic (exact) mass is 263 g/mol. The van der Waals surface area contributed by atoms with E-state index in [2.05, 4.69) is 16.3 Å². The lowest BCUT2D eigenvalue weighted by molar-refractivity contribution is 0.226. The van der Waals surface area contributed by atoms with Crippen molar-refractivity contribution in [1.29, 1.82) is 5.26 Å². The molecule has 1 aromatic heterocycles. The van der Waals surface area contributed by atoms with Gasteiger partial charge in [-0.15, -0.1) is 11.3 Å². The molecular formula is C14H21N3S. The fourth-order valence-electron chi connectivity index (χ4n) is 2.35. The first-order chi connectivity index (χ1) is 8.88. The predicted octanol–water partition coefficient (Wildman–Crippen LogP) is 2.59. The maximum absolute atomic E-state index is 8.74. The van der Waals surface area contributed by atoms with E-state index in [4.69, 9.17) is 5.26 Å². The first kappa shape index (κ1) is 13.5. The molecule has 0 spiro atoms. The number of piperidine rings is 1. The smallest absolute Gasteiger partial charge is 0.100 e. The SMILES string of the molecule is N#Cc1csc(CNCCCN2CCCCC2)c1. The molecule has 0 amide bonds. The highest BCUT2D eigenvalue weighted by Crippen LogP contribution is 2.13. The van der Waals surface area contributed by atoms with Crippen molar-refractivity contribution < 1.29 is 0 Å². The van der Waals surface area contributed by atoms with E-state index in [1.54, 1.807) is 11.3 Å². The van der Waals surface area contributed by atoms with Gasteiger partial charge in [-0.05, 0) is 51.5 Å². The van der Waals surface area contributed by atoms with Crippen LogP contribution in [0.2, 0.25) is 0 Å². The summed E-state index contributed by atoms with van der Waals surface area (Å²) >= 11 is 1.66. The average molecular weight is 263 g/mol. The van der Waals surface area contributed by atoms with Crippen LogP contribution >= 0.6 is 11.3 Å². The molecule has 18 heavy (non-hydrogen) atoms. The molecule has 2 rings (SSSR count). The van der Waals surface area contributed by atoms with Gasteiger partial charge in [-0.2, -0.15) is 5.26 Å². The summed E-state index contributed by atoms with van der Waals surface area (Å²) in [6.45, 7) is 5.76. The Balaban J connectivity index is 1.54. The molecule has 0 bridgehead atoms. The summed E-state index contributed by atoms with van der Waals surface area (Å²) < 4.78 is 0. The number of nitrogens with one attached hydrogen (secondary N) is 1. The zero-order valence-electron chi connectivity index (χ0n) is 10.8. The molecule has 0 unspecified atom stereocenters. The van der Waals surface area contributed by atoms with E-state index >= 15 is 0 Å². The van der Waals surface area contributed by atoms with Crippen LogP contribution in [-0.4, -0.2) is 31.1 Å². The van der Waals surface area contributed by atoms with Gasteiger partial charge in [-0.1, -0.05) is 6.42 Å². The molecule has 1 N–H and O–H groups in total. The molecule has 1 aromatic rings. The van der Waals surface area contributed by atoms with Crippen LogP contribution in [0, 0.1) is 11.3 Å². The first-order valence-electron chi connectivity index (χ1n) is 6.79. The third-order valence-corrected chi connectivity index (χ3v) is 4.30. The summed E-state index contributed by atoms with van der Waals surface area (Å²) in [7, 11) is 0. The number of nitrogens with zero attached hydrogens (tertiary/aromatic N) is 2.